The number of thiazole rings is 1. The molecule has 2 N–H and O–H groups in total. The summed E-state index contributed by atoms with van der Waals surface area (Å²) in [6.45, 7) is 3.26. The molecule has 0 fully saturated rings. The van der Waals surface area contributed by atoms with Gasteiger partial charge in [-0.25, -0.2) is 4.98 Å². The van der Waals surface area contributed by atoms with E-state index >= 15 is 0 Å². The molecule has 1 unspecified atom stereocenters. The van der Waals surface area contributed by atoms with Crippen molar-refractivity contribution in [1.82, 2.24) is 9.97 Å². The smallest absolute Gasteiger partial charge is 0.232 e. The standard InChI is InChI=1S/C19H21N4O2PS/c1-13-18(26(3,20)25)27-19(22-13)23(2)17(24)12-14-7-9-15(10-8-14)16-6-4-5-11-21-16/h4-11H,12H2,1-3H3,(H2,20,25). The molecule has 3 aromatic rings. The number of rotatable bonds is 5. The molecule has 0 aliphatic rings. The second kappa shape index (κ2) is 7.72. The Kier molecular flexibility index (Phi) is 5.56. The van der Waals surface area contributed by atoms with E-state index in [0.717, 1.165) is 16.8 Å². The summed E-state index contributed by atoms with van der Waals surface area (Å²) < 4.78 is 12.7. The molecule has 8 heteroatoms. The predicted octanol–water partition coefficient (Wildman–Crippen LogP) is 3.21. The van der Waals surface area contributed by atoms with E-state index < -0.39 is 7.29 Å². The SMILES string of the molecule is Cc1nc(N(C)C(=O)Cc2ccc(-c3ccccn3)cc2)sc1P(C)(N)=O. The molecule has 3 rings (SSSR count). The van der Waals surface area contributed by atoms with E-state index in [4.69, 9.17) is 5.50 Å². The number of aromatic nitrogens is 2. The third-order valence-electron chi connectivity index (χ3n) is 4.10. The van der Waals surface area contributed by atoms with Crippen LogP contribution in [-0.2, 0) is 15.8 Å². The van der Waals surface area contributed by atoms with E-state index in [-0.39, 0.29) is 12.3 Å². The lowest BCUT2D eigenvalue weighted by atomic mass is 10.1. The maximum absolute atomic E-state index is 12.6. The maximum Gasteiger partial charge on any atom is 0.232 e. The lowest BCUT2D eigenvalue weighted by Crippen LogP contribution is -2.27. The highest BCUT2D eigenvalue weighted by atomic mass is 32.1. The van der Waals surface area contributed by atoms with Crippen molar-refractivity contribution in [3.8, 4) is 11.3 Å². The van der Waals surface area contributed by atoms with Crippen LogP contribution in [0.3, 0.4) is 0 Å². The van der Waals surface area contributed by atoms with Gasteiger partial charge in [0.15, 0.2) is 12.4 Å². The Labute approximate surface area is 162 Å². The summed E-state index contributed by atoms with van der Waals surface area (Å²) in [4.78, 5) is 22.8. The number of aryl methyl sites for hydroxylation is 1. The van der Waals surface area contributed by atoms with Gasteiger partial charge in [-0.15, -0.1) is 0 Å². The molecule has 1 aromatic carbocycles. The molecular weight excluding hydrogens is 379 g/mol. The highest BCUT2D eigenvalue weighted by Crippen LogP contribution is 2.36. The topological polar surface area (TPSA) is 89.2 Å². The van der Waals surface area contributed by atoms with Crippen molar-refractivity contribution in [3.63, 3.8) is 0 Å². The van der Waals surface area contributed by atoms with Crippen LogP contribution in [0.5, 0.6) is 0 Å². The van der Waals surface area contributed by atoms with Crippen LogP contribution in [-0.4, -0.2) is 29.6 Å². The van der Waals surface area contributed by atoms with Crippen molar-refractivity contribution in [2.24, 2.45) is 5.50 Å². The Balaban J connectivity index is 1.73. The number of amides is 1. The average Bonchev–Trinajstić information content (AvgIpc) is 3.04. The molecule has 2 heterocycles. The van der Waals surface area contributed by atoms with E-state index in [9.17, 15) is 9.36 Å². The molecule has 1 atom stereocenters. The second-order valence-electron chi connectivity index (χ2n) is 6.42. The lowest BCUT2D eigenvalue weighted by molar-refractivity contribution is -0.117. The van der Waals surface area contributed by atoms with E-state index in [1.165, 1.54) is 22.9 Å². The van der Waals surface area contributed by atoms with E-state index in [1.807, 2.05) is 42.5 Å². The molecule has 1 amide bonds. The minimum Gasteiger partial charge on any atom is -0.301 e. The molecule has 0 saturated carbocycles. The number of nitrogens with zero attached hydrogens (tertiary/aromatic N) is 3. The summed E-state index contributed by atoms with van der Waals surface area (Å²) in [6.07, 6.45) is 2.00. The number of likely N-dealkylation sites (N-methyl/N-ethyl adjacent to an activating group) is 1. The largest absolute Gasteiger partial charge is 0.301 e. The van der Waals surface area contributed by atoms with Gasteiger partial charge in [-0.1, -0.05) is 41.7 Å². The molecule has 27 heavy (non-hydrogen) atoms. The summed E-state index contributed by atoms with van der Waals surface area (Å²) in [5.41, 5.74) is 9.16. The summed E-state index contributed by atoms with van der Waals surface area (Å²) in [6, 6.07) is 13.5. The zero-order valence-electron chi connectivity index (χ0n) is 15.4. The summed E-state index contributed by atoms with van der Waals surface area (Å²) in [5.74, 6) is -0.0937. The highest BCUT2D eigenvalue weighted by Gasteiger charge is 2.23. The number of pyridine rings is 1. The second-order valence-corrected chi connectivity index (χ2v) is 10.1. The van der Waals surface area contributed by atoms with Crippen LogP contribution in [0, 0.1) is 6.92 Å². The fraction of sp³-hybridized carbons (Fsp3) is 0.211. The first-order valence-corrected chi connectivity index (χ1v) is 11.4. The van der Waals surface area contributed by atoms with Gasteiger partial charge in [0.1, 0.15) is 4.62 Å². The van der Waals surface area contributed by atoms with Crippen LogP contribution in [0.25, 0.3) is 11.3 Å². The Morgan fingerprint density at radius 2 is 1.93 bits per heavy atom. The molecule has 0 radical (unpaired) electrons. The van der Waals surface area contributed by atoms with Crippen molar-refractivity contribution >= 4 is 34.3 Å². The predicted molar refractivity (Wildman–Crippen MR) is 111 cm³/mol. The Morgan fingerprint density at radius 1 is 1.22 bits per heavy atom. The first-order chi connectivity index (χ1) is 12.8. The van der Waals surface area contributed by atoms with Crippen molar-refractivity contribution in [3.05, 3.63) is 59.9 Å². The zero-order valence-corrected chi connectivity index (χ0v) is 17.1. The van der Waals surface area contributed by atoms with E-state index in [1.54, 1.807) is 20.2 Å². The number of nitrogens with two attached hydrogens (primary N) is 1. The van der Waals surface area contributed by atoms with Crippen LogP contribution in [0.15, 0.2) is 48.7 Å². The van der Waals surface area contributed by atoms with Crippen molar-refractivity contribution in [2.75, 3.05) is 18.6 Å². The number of benzene rings is 1. The molecule has 0 saturated heterocycles. The van der Waals surface area contributed by atoms with Gasteiger partial charge in [-0.05, 0) is 24.6 Å². The summed E-state index contributed by atoms with van der Waals surface area (Å²) >= 11 is 1.21. The third-order valence-corrected chi connectivity index (χ3v) is 7.62. The molecule has 0 bridgehead atoms. The van der Waals surface area contributed by atoms with Crippen LogP contribution in [0.1, 0.15) is 11.3 Å². The number of anilines is 1. The van der Waals surface area contributed by atoms with Crippen LogP contribution in [0.4, 0.5) is 5.13 Å². The van der Waals surface area contributed by atoms with Gasteiger partial charge in [0, 0.05) is 25.5 Å². The van der Waals surface area contributed by atoms with Crippen LogP contribution >= 0.6 is 18.6 Å². The van der Waals surface area contributed by atoms with Gasteiger partial charge in [0.05, 0.1) is 17.8 Å². The van der Waals surface area contributed by atoms with Gasteiger partial charge >= 0.3 is 0 Å². The Bertz CT molecular complexity index is 996. The maximum atomic E-state index is 12.6. The highest BCUT2D eigenvalue weighted by molar-refractivity contribution is 7.74. The van der Waals surface area contributed by atoms with E-state index in [2.05, 4.69) is 9.97 Å². The minimum atomic E-state index is -2.89. The molecule has 0 aliphatic heterocycles. The number of carbonyl (C=O) groups is 1. The molecule has 2 aromatic heterocycles. The molecule has 0 spiro atoms. The Morgan fingerprint density at radius 3 is 2.48 bits per heavy atom. The van der Waals surface area contributed by atoms with Crippen LogP contribution < -0.4 is 15.0 Å². The lowest BCUT2D eigenvalue weighted by Gasteiger charge is -2.14. The summed E-state index contributed by atoms with van der Waals surface area (Å²) in [5, 5.41) is 0.505. The zero-order chi connectivity index (χ0) is 19.6. The fourth-order valence-corrected chi connectivity index (χ4v) is 5.11. The van der Waals surface area contributed by atoms with Crippen molar-refractivity contribution in [1.29, 1.82) is 0 Å². The summed E-state index contributed by atoms with van der Waals surface area (Å²) in [7, 11) is -1.22. The molecule has 6 nitrogen and oxygen atoms in total. The van der Waals surface area contributed by atoms with Crippen molar-refractivity contribution < 1.29 is 9.36 Å². The number of hydrogen-bond donors (Lipinski definition) is 1. The van der Waals surface area contributed by atoms with E-state index in [0.29, 0.717) is 15.4 Å². The van der Waals surface area contributed by atoms with Gasteiger partial charge < -0.3 is 4.57 Å². The minimum absolute atomic E-state index is 0.0937. The first-order valence-electron chi connectivity index (χ1n) is 8.36. The average molecular weight is 400 g/mol. The molecule has 140 valence electrons. The van der Waals surface area contributed by atoms with Gasteiger partial charge in [0.2, 0.25) is 5.91 Å². The van der Waals surface area contributed by atoms with Gasteiger partial charge in [-0.3, -0.25) is 20.2 Å². The normalized spacial score (nSPS) is 13.2. The van der Waals surface area contributed by atoms with Gasteiger partial charge in [0.25, 0.3) is 0 Å². The number of hydrogen-bond acceptors (Lipinski definition) is 5. The number of carbonyl (C=O) groups excluding carboxylic acids is 1. The van der Waals surface area contributed by atoms with Crippen LogP contribution in [0.2, 0.25) is 0 Å². The van der Waals surface area contributed by atoms with Gasteiger partial charge in [-0.2, -0.15) is 0 Å². The molecule has 0 aliphatic carbocycles. The Hall–Kier alpha value is -2.34. The monoisotopic (exact) mass is 400 g/mol. The first kappa shape index (κ1) is 19.4. The fourth-order valence-electron chi connectivity index (χ4n) is 2.66. The molecular formula is C19H21N4O2PS. The quantitative estimate of drug-likeness (QED) is 0.665. The third kappa shape index (κ3) is 4.50. The van der Waals surface area contributed by atoms with Crippen molar-refractivity contribution in [2.45, 2.75) is 13.3 Å².